The van der Waals surface area contributed by atoms with E-state index in [4.69, 9.17) is 27.4 Å². The van der Waals surface area contributed by atoms with E-state index < -0.39 is 0 Å². The minimum Gasteiger partial charge on any atom is -0.493 e. The number of likely N-dealkylation sites (N-methyl/N-ethyl adjacent to an activating group) is 1. The maximum Gasteiger partial charge on any atom is 0.258 e. The minimum absolute atomic E-state index is 0.189. The fourth-order valence-corrected chi connectivity index (χ4v) is 1.90. The Kier molecular flexibility index (Phi) is 5.57. The second-order valence-electron chi connectivity index (χ2n) is 3.83. The molecule has 2 N–H and O–H groups in total. The van der Waals surface area contributed by atoms with Crippen LogP contribution in [0.2, 0.25) is 0 Å². The van der Waals surface area contributed by atoms with E-state index in [1.165, 1.54) is 14.2 Å². The van der Waals surface area contributed by atoms with Crippen LogP contribution in [0, 0.1) is 0 Å². The summed E-state index contributed by atoms with van der Waals surface area (Å²) in [5, 5.41) is 0. The van der Waals surface area contributed by atoms with Gasteiger partial charge >= 0.3 is 0 Å². The van der Waals surface area contributed by atoms with Gasteiger partial charge in [-0.3, -0.25) is 4.79 Å². The van der Waals surface area contributed by atoms with Gasteiger partial charge in [0.1, 0.15) is 0 Å². The van der Waals surface area contributed by atoms with Gasteiger partial charge in [0.05, 0.1) is 31.3 Å². The molecule has 1 amide bonds. The number of hydrogen-bond donors (Lipinski definition) is 1. The molecule has 1 rings (SSSR count). The molecule has 6 heteroatoms. The Morgan fingerprint density at radius 3 is 2.53 bits per heavy atom. The van der Waals surface area contributed by atoms with E-state index in [1.54, 1.807) is 23.1 Å². The maximum absolute atomic E-state index is 12.4. The second kappa shape index (κ2) is 6.94. The predicted octanol–water partition coefficient (Wildman–Crippen LogP) is 1.45. The summed E-state index contributed by atoms with van der Waals surface area (Å²) in [5.41, 5.74) is 5.92. The molecule has 1 aromatic carbocycles. The van der Waals surface area contributed by atoms with Gasteiger partial charge in [-0.2, -0.15) is 0 Å². The van der Waals surface area contributed by atoms with Crippen LogP contribution in [0.25, 0.3) is 0 Å². The van der Waals surface area contributed by atoms with E-state index in [0.717, 1.165) is 0 Å². The molecule has 0 spiro atoms. The first-order chi connectivity index (χ1) is 9.04. The van der Waals surface area contributed by atoms with Crippen LogP contribution in [0.5, 0.6) is 11.5 Å². The SMILES string of the molecule is CCN(CC(N)=S)C(=O)c1cccc(OC)c1OC. The number of carbonyl (C=O) groups excluding carboxylic acids is 1. The number of methoxy groups -OCH3 is 2. The number of para-hydroxylation sites is 1. The number of hydrogen-bond acceptors (Lipinski definition) is 4. The van der Waals surface area contributed by atoms with E-state index in [-0.39, 0.29) is 17.4 Å². The quantitative estimate of drug-likeness (QED) is 0.800. The Balaban J connectivity index is 3.13. The highest BCUT2D eigenvalue weighted by atomic mass is 32.1. The molecule has 0 aromatic heterocycles. The van der Waals surface area contributed by atoms with E-state index in [9.17, 15) is 4.79 Å². The number of rotatable bonds is 6. The number of carbonyl (C=O) groups is 1. The Bertz CT molecular complexity index is 477. The lowest BCUT2D eigenvalue weighted by atomic mass is 10.1. The van der Waals surface area contributed by atoms with Crippen LogP contribution in [-0.2, 0) is 0 Å². The zero-order valence-electron chi connectivity index (χ0n) is 11.3. The predicted molar refractivity (Wildman–Crippen MR) is 77.9 cm³/mol. The molecule has 0 bridgehead atoms. The molecule has 0 radical (unpaired) electrons. The first-order valence-corrected chi connectivity index (χ1v) is 6.24. The largest absolute Gasteiger partial charge is 0.493 e. The first kappa shape index (κ1) is 15.2. The van der Waals surface area contributed by atoms with Gasteiger partial charge in [-0.1, -0.05) is 18.3 Å². The average molecular weight is 282 g/mol. The van der Waals surface area contributed by atoms with Crippen molar-refractivity contribution in [3.8, 4) is 11.5 Å². The molecular formula is C13H18N2O3S. The van der Waals surface area contributed by atoms with Crippen LogP contribution < -0.4 is 15.2 Å². The van der Waals surface area contributed by atoms with Crippen molar-refractivity contribution >= 4 is 23.1 Å². The summed E-state index contributed by atoms with van der Waals surface area (Å²) in [7, 11) is 3.02. The van der Waals surface area contributed by atoms with Crippen molar-refractivity contribution in [2.75, 3.05) is 27.3 Å². The van der Waals surface area contributed by atoms with Crippen LogP contribution in [-0.4, -0.2) is 43.1 Å². The number of ether oxygens (including phenoxy) is 2. The molecule has 0 aliphatic heterocycles. The zero-order valence-corrected chi connectivity index (χ0v) is 12.1. The van der Waals surface area contributed by atoms with Crippen LogP contribution in [0.1, 0.15) is 17.3 Å². The highest BCUT2D eigenvalue weighted by Crippen LogP contribution is 2.31. The van der Waals surface area contributed by atoms with E-state index in [2.05, 4.69) is 0 Å². The fraction of sp³-hybridized carbons (Fsp3) is 0.385. The van der Waals surface area contributed by atoms with Crippen molar-refractivity contribution in [3.63, 3.8) is 0 Å². The highest BCUT2D eigenvalue weighted by Gasteiger charge is 2.21. The van der Waals surface area contributed by atoms with E-state index in [1.807, 2.05) is 6.92 Å². The van der Waals surface area contributed by atoms with Crippen LogP contribution >= 0.6 is 12.2 Å². The molecule has 0 saturated heterocycles. The summed E-state index contributed by atoms with van der Waals surface area (Å²) in [6.45, 7) is 2.62. The van der Waals surface area contributed by atoms with Gasteiger partial charge in [-0.25, -0.2) is 0 Å². The number of nitrogens with zero attached hydrogens (tertiary/aromatic N) is 1. The average Bonchev–Trinajstić information content (AvgIpc) is 2.42. The Hall–Kier alpha value is -1.82. The van der Waals surface area contributed by atoms with Gasteiger partial charge in [0.15, 0.2) is 11.5 Å². The summed E-state index contributed by atoms with van der Waals surface area (Å²) >= 11 is 4.85. The number of nitrogens with two attached hydrogens (primary N) is 1. The third-order valence-electron chi connectivity index (χ3n) is 2.65. The standard InChI is InChI=1S/C13H18N2O3S/c1-4-15(8-11(14)19)13(16)9-6-5-7-10(17-2)12(9)18-3/h5-7H,4,8H2,1-3H3,(H2,14,19). The van der Waals surface area contributed by atoms with Gasteiger partial charge in [-0.15, -0.1) is 0 Å². The summed E-state index contributed by atoms with van der Waals surface area (Å²) in [5.74, 6) is 0.738. The van der Waals surface area contributed by atoms with Crippen molar-refractivity contribution in [2.24, 2.45) is 5.73 Å². The van der Waals surface area contributed by atoms with Crippen molar-refractivity contribution in [1.82, 2.24) is 4.90 Å². The molecule has 0 unspecified atom stereocenters. The van der Waals surface area contributed by atoms with Gasteiger partial charge in [-0.05, 0) is 19.1 Å². The molecule has 0 aliphatic rings. The molecule has 5 nitrogen and oxygen atoms in total. The van der Waals surface area contributed by atoms with Gasteiger partial charge in [0.2, 0.25) is 0 Å². The molecule has 0 fully saturated rings. The Morgan fingerprint density at radius 2 is 2.05 bits per heavy atom. The normalized spacial score (nSPS) is 9.84. The molecule has 0 atom stereocenters. The fourth-order valence-electron chi connectivity index (χ4n) is 1.74. The summed E-state index contributed by atoms with van der Waals surface area (Å²) in [4.78, 5) is 14.3. The Labute approximate surface area is 118 Å². The highest BCUT2D eigenvalue weighted by molar-refractivity contribution is 7.80. The zero-order chi connectivity index (χ0) is 14.4. The van der Waals surface area contributed by atoms with E-state index in [0.29, 0.717) is 23.6 Å². The molecular weight excluding hydrogens is 264 g/mol. The number of benzene rings is 1. The molecule has 0 saturated carbocycles. The lowest BCUT2D eigenvalue weighted by Crippen LogP contribution is -2.37. The molecule has 1 aromatic rings. The third kappa shape index (κ3) is 3.57. The molecule has 0 heterocycles. The molecule has 104 valence electrons. The molecule has 0 aliphatic carbocycles. The van der Waals surface area contributed by atoms with Gasteiger partial charge < -0.3 is 20.1 Å². The maximum atomic E-state index is 12.4. The van der Waals surface area contributed by atoms with E-state index >= 15 is 0 Å². The Morgan fingerprint density at radius 1 is 1.37 bits per heavy atom. The lowest BCUT2D eigenvalue weighted by molar-refractivity contribution is 0.0784. The smallest absolute Gasteiger partial charge is 0.258 e. The summed E-state index contributed by atoms with van der Waals surface area (Å²) in [6, 6.07) is 5.16. The van der Waals surface area contributed by atoms with Crippen molar-refractivity contribution in [3.05, 3.63) is 23.8 Å². The number of thiocarbonyl (C=S) groups is 1. The van der Waals surface area contributed by atoms with Crippen molar-refractivity contribution in [1.29, 1.82) is 0 Å². The monoisotopic (exact) mass is 282 g/mol. The van der Waals surface area contributed by atoms with Crippen LogP contribution in [0.4, 0.5) is 0 Å². The second-order valence-corrected chi connectivity index (χ2v) is 4.35. The number of amides is 1. The van der Waals surface area contributed by atoms with Crippen LogP contribution in [0.3, 0.4) is 0 Å². The molecule has 19 heavy (non-hydrogen) atoms. The van der Waals surface area contributed by atoms with Gasteiger partial charge in [0.25, 0.3) is 5.91 Å². The minimum atomic E-state index is -0.189. The summed E-state index contributed by atoms with van der Waals surface area (Å²) < 4.78 is 10.4. The summed E-state index contributed by atoms with van der Waals surface area (Å²) in [6.07, 6.45) is 0. The third-order valence-corrected chi connectivity index (χ3v) is 2.78. The first-order valence-electron chi connectivity index (χ1n) is 5.83. The van der Waals surface area contributed by atoms with Crippen molar-refractivity contribution < 1.29 is 14.3 Å². The topological polar surface area (TPSA) is 64.8 Å². The van der Waals surface area contributed by atoms with Crippen LogP contribution in [0.15, 0.2) is 18.2 Å². The lowest BCUT2D eigenvalue weighted by Gasteiger charge is -2.21. The van der Waals surface area contributed by atoms with Crippen molar-refractivity contribution in [2.45, 2.75) is 6.92 Å². The van der Waals surface area contributed by atoms with Gasteiger partial charge in [0, 0.05) is 6.54 Å².